The number of carbonyl (C=O) groups excluding carboxylic acids is 1. The largest absolute Gasteiger partial charge is 0.450 e. The van der Waals surface area contributed by atoms with Crippen molar-refractivity contribution in [2.45, 2.75) is 26.0 Å². The topological polar surface area (TPSA) is 62.9 Å². The fourth-order valence-electron chi connectivity index (χ4n) is 3.49. The summed E-state index contributed by atoms with van der Waals surface area (Å²) < 4.78 is 11.6. The van der Waals surface area contributed by atoms with Crippen LogP contribution in [-0.2, 0) is 4.74 Å². The number of aliphatic hydroxyl groups excluding tert-OH is 1. The maximum atomic E-state index is 13.1. The minimum Gasteiger partial charge on any atom is -0.450 e. The summed E-state index contributed by atoms with van der Waals surface area (Å²) in [6.45, 7) is 4.55. The van der Waals surface area contributed by atoms with Gasteiger partial charge in [-0.1, -0.05) is 36.4 Å². The first kappa shape index (κ1) is 16.1. The number of furan rings is 1. The van der Waals surface area contributed by atoms with E-state index in [-0.39, 0.29) is 24.7 Å². The number of aryl methyl sites for hydroxylation is 1. The number of nitrogens with zero attached hydrogens (tertiary/aromatic N) is 1. The molecular formula is C20H21NO4. The van der Waals surface area contributed by atoms with Gasteiger partial charge in [-0.2, -0.15) is 0 Å². The molecule has 5 nitrogen and oxygen atoms in total. The third-order valence-corrected chi connectivity index (χ3v) is 4.99. The van der Waals surface area contributed by atoms with Gasteiger partial charge in [0, 0.05) is 22.9 Å². The summed E-state index contributed by atoms with van der Waals surface area (Å²) in [5, 5.41) is 12.4. The Labute approximate surface area is 145 Å². The SMILES string of the molecule is Cc1c(C(=O)N2CC(CO)OCC2C)oc2c1ccc1ccccc12. The lowest BCUT2D eigenvalue weighted by Crippen LogP contribution is -2.52. The van der Waals surface area contributed by atoms with Gasteiger partial charge in [0.1, 0.15) is 5.58 Å². The van der Waals surface area contributed by atoms with Crippen LogP contribution in [0.4, 0.5) is 0 Å². The van der Waals surface area contributed by atoms with Gasteiger partial charge in [-0.25, -0.2) is 0 Å². The molecule has 1 aliphatic rings. The van der Waals surface area contributed by atoms with E-state index in [2.05, 4.69) is 0 Å². The lowest BCUT2D eigenvalue weighted by atomic mass is 10.1. The maximum absolute atomic E-state index is 13.1. The van der Waals surface area contributed by atoms with E-state index in [0.29, 0.717) is 18.9 Å². The van der Waals surface area contributed by atoms with Crippen LogP contribution in [0.2, 0.25) is 0 Å². The summed E-state index contributed by atoms with van der Waals surface area (Å²) in [6, 6.07) is 12.0. The van der Waals surface area contributed by atoms with Crippen LogP contribution in [0, 0.1) is 6.92 Å². The maximum Gasteiger partial charge on any atom is 0.290 e. The Kier molecular flexibility index (Phi) is 3.98. The lowest BCUT2D eigenvalue weighted by Gasteiger charge is -2.37. The number of rotatable bonds is 2. The normalized spacial score (nSPS) is 21.2. The number of aliphatic hydroxyl groups is 1. The van der Waals surface area contributed by atoms with Crippen LogP contribution in [0.3, 0.4) is 0 Å². The van der Waals surface area contributed by atoms with Crippen LogP contribution in [-0.4, -0.2) is 47.8 Å². The zero-order chi connectivity index (χ0) is 17.6. The molecule has 2 aromatic carbocycles. The summed E-state index contributed by atoms with van der Waals surface area (Å²) in [5.74, 6) is 0.226. The monoisotopic (exact) mass is 339 g/mol. The van der Waals surface area contributed by atoms with Gasteiger partial charge >= 0.3 is 0 Å². The summed E-state index contributed by atoms with van der Waals surface area (Å²) in [4.78, 5) is 14.8. The zero-order valence-electron chi connectivity index (χ0n) is 14.4. The van der Waals surface area contributed by atoms with E-state index in [1.165, 1.54) is 0 Å². The number of ether oxygens (including phenoxy) is 1. The molecule has 0 bridgehead atoms. The zero-order valence-corrected chi connectivity index (χ0v) is 14.4. The first-order valence-corrected chi connectivity index (χ1v) is 8.54. The number of amides is 1. The third kappa shape index (κ3) is 2.60. The fraction of sp³-hybridized carbons (Fsp3) is 0.350. The van der Waals surface area contributed by atoms with E-state index in [0.717, 1.165) is 27.3 Å². The van der Waals surface area contributed by atoms with E-state index in [1.807, 2.05) is 50.2 Å². The number of fused-ring (bicyclic) bond motifs is 3. The Bertz CT molecular complexity index is 945. The van der Waals surface area contributed by atoms with E-state index in [1.54, 1.807) is 4.90 Å². The van der Waals surface area contributed by atoms with Gasteiger partial charge in [0.25, 0.3) is 5.91 Å². The lowest BCUT2D eigenvalue weighted by molar-refractivity contribution is -0.0673. The molecule has 1 amide bonds. The molecule has 1 aromatic heterocycles. The molecule has 0 radical (unpaired) electrons. The molecular weight excluding hydrogens is 318 g/mol. The number of carbonyl (C=O) groups is 1. The van der Waals surface area contributed by atoms with Gasteiger partial charge < -0.3 is 19.2 Å². The van der Waals surface area contributed by atoms with Crippen molar-refractivity contribution >= 4 is 27.6 Å². The van der Waals surface area contributed by atoms with Crippen molar-refractivity contribution in [2.75, 3.05) is 19.8 Å². The van der Waals surface area contributed by atoms with Gasteiger partial charge in [0.15, 0.2) is 5.76 Å². The standard InChI is InChI=1S/C20H21NO4/c1-12-11-24-15(10-22)9-21(12)20(23)18-13(2)16-8-7-14-5-3-4-6-17(14)19(16)25-18/h3-8,12,15,22H,9-11H2,1-2H3. The van der Waals surface area contributed by atoms with E-state index < -0.39 is 0 Å². The number of benzene rings is 2. The molecule has 2 unspecified atom stereocenters. The second kappa shape index (κ2) is 6.17. The van der Waals surface area contributed by atoms with Gasteiger partial charge in [0.05, 0.1) is 25.4 Å². The van der Waals surface area contributed by atoms with Crippen LogP contribution < -0.4 is 0 Å². The molecule has 5 heteroatoms. The van der Waals surface area contributed by atoms with Gasteiger partial charge in [-0.15, -0.1) is 0 Å². The Balaban J connectivity index is 1.79. The summed E-state index contributed by atoms with van der Waals surface area (Å²) in [5.41, 5.74) is 1.60. The van der Waals surface area contributed by atoms with E-state index in [9.17, 15) is 9.90 Å². The van der Waals surface area contributed by atoms with Crippen molar-refractivity contribution in [1.29, 1.82) is 0 Å². The minimum absolute atomic E-state index is 0.0559. The van der Waals surface area contributed by atoms with E-state index in [4.69, 9.17) is 9.15 Å². The van der Waals surface area contributed by atoms with Gasteiger partial charge in [-0.05, 0) is 19.2 Å². The molecule has 0 saturated carbocycles. The van der Waals surface area contributed by atoms with Crippen LogP contribution in [0.1, 0.15) is 23.0 Å². The fourth-order valence-corrected chi connectivity index (χ4v) is 3.49. The molecule has 1 saturated heterocycles. The Morgan fingerprint density at radius 3 is 2.84 bits per heavy atom. The molecule has 2 heterocycles. The summed E-state index contributed by atoms with van der Waals surface area (Å²) in [7, 11) is 0. The van der Waals surface area contributed by atoms with Crippen LogP contribution in [0.15, 0.2) is 40.8 Å². The molecule has 25 heavy (non-hydrogen) atoms. The Morgan fingerprint density at radius 2 is 2.04 bits per heavy atom. The van der Waals surface area contributed by atoms with Crippen molar-refractivity contribution in [3.8, 4) is 0 Å². The first-order valence-electron chi connectivity index (χ1n) is 8.54. The highest BCUT2D eigenvalue weighted by atomic mass is 16.5. The number of hydrogen-bond acceptors (Lipinski definition) is 4. The highest BCUT2D eigenvalue weighted by Gasteiger charge is 2.32. The molecule has 1 N–H and O–H groups in total. The predicted molar refractivity (Wildman–Crippen MR) is 95.8 cm³/mol. The van der Waals surface area contributed by atoms with Crippen molar-refractivity contribution in [3.05, 3.63) is 47.7 Å². The number of morpholine rings is 1. The van der Waals surface area contributed by atoms with Gasteiger partial charge in [-0.3, -0.25) is 4.79 Å². The van der Waals surface area contributed by atoms with Crippen LogP contribution in [0.5, 0.6) is 0 Å². The average Bonchev–Trinajstić information content (AvgIpc) is 2.99. The highest BCUT2D eigenvalue weighted by molar-refractivity contribution is 6.08. The molecule has 0 spiro atoms. The number of hydrogen-bond donors (Lipinski definition) is 1. The van der Waals surface area contributed by atoms with Crippen molar-refractivity contribution in [2.24, 2.45) is 0 Å². The molecule has 1 aliphatic heterocycles. The van der Waals surface area contributed by atoms with Crippen molar-refractivity contribution < 1.29 is 19.1 Å². The third-order valence-electron chi connectivity index (χ3n) is 4.99. The highest BCUT2D eigenvalue weighted by Crippen LogP contribution is 2.32. The molecule has 3 aromatic rings. The quantitative estimate of drug-likeness (QED) is 0.779. The van der Waals surface area contributed by atoms with Crippen LogP contribution in [0.25, 0.3) is 21.7 Å². The smallest absolute Gasteiger partial charge is 0.290 e. The Hall–Kier alpha value is -2.37. The van der Waals surface area contributed by atoms with Crippen molar-refractivity contribution in [1.82, 2.24) is 4.90 Å². The van der Waals surface area contributed by atoms with E-state index >= 15 is 0 Å². The molecule has 1 fully saturated rings. The molecule has 2 atom stereocenters. The summed E-state index contributed by atoms with van der Waals surface area (Å²) >= 11 is 0. The summed E-state index contributed by atoms with van der Waals surface area (Å²) in [6.07, 6.45) is -0.342. The molecule has 4 rings (SSSR count). The van der Waals surface area contributed by atoms with Crippen molar-refractivity contribution in [3.63, 3.8) is 0 Å². The molecule has 130 valence electrons. The van der Waals surface area contributed by atoms with Crippen LogP contribution >= 0.6 is 0 Å². The second-order valence-corrected chi connectivity index (χ2v) is 6.66. The second-order valence-electron chi connectivity index (χ2n) is 6.66. The van der Waals surface area contributed by atoms with Gasteiger partial charge in [0.2, 0.25) is 0 Å². The molecule has 0 aliphatic carbocycles. The average molecular weight is 339 g/mol. The Morgan fingerprint density at radius 1 is 1.24 bits per heavy atom. The minimum atomic E-state index is -0.342. The predicted octanol–water partition coefficient (Wildman–Crippen LogP) is 3.12. The first-order chi connectivity index (χ1) is 12.1.